The lowest BCUT2D eigenvalue weighted by Crippen LogP contribution is -2.47. The third-order valence-electron chi connectivity index (χ3n) is 4.17. The maximum atomic E-state index is 10.8. The molecule has 1 aromatic carbocycles. The van der Waals surface area contributed by atoms with E-state index in [4.69, 9.17) is 11.6 Å². The SMILES string of the molecule is Cc1cc(C)nc(N2CCN(c3ccc([N+](=O)[O-])cc3Cl)CC2)c1. The first-order valence-corrected chi connectivity index (χ1v) is 8.21. The Morgan fingerprint density at radius 3 is 2.33 bits per heavy atom. The maximum Gasteiger partial charge on any atom is 0.271 e. The highest BCUT2D eigenvalue weighted by Gasteiger charge is 2.21. The van der Waals surface area contributed by atoms with E-state index in [2.05, 4.69) is 33.8 Å². The zero-order chi connectivity index (χ0) is 17.3. The van der Waals surface area contributed by atoms with Gasteiger partial charge in [-0.1, -0.05) is 11.6 Å². The van der Waals surface area contributed by atoms with Crippen molar-refractivity contribution in [1.82, 2.24) is 4.98 Å². The Balaban J connectivity index is 1.72. The lowest BCUT2D eigenvalue weighted by Gasteiger charge is -2.37. The fourth-order valence-corrected chi connectivity index (χ4v) is 3.32. The molecule has 0 amide bonds. The molecule has 1 fully saturated rings. The van der Waals surface area contributed by atoms with Crippen LogP contribution in [0.1, 0.15) is 11.3 Å². The number of pyridine rings is 1. The molecule has 0 aliphatic carbocycles. The van der Waals surface area contributed by atoms with E-state index >= 15 is 0 Å². The fraction of sp³-hybridized carbons (Fsp3) is 0.353. The first-order valence-electron chi connectivity index (χ1n) is 7.83. The molecule has 0 unspecified atom stereocenters. The number of rotatable bonds is 3. The number of piperazine rings is 1. The fourth-order valence-electron chi connectivity index (χ4n) is 3.02. The number of nitro benzene ring substituents is 1. The van der Waals surface area contributed by atoms with Crippen LogP contribution in [-0.4, -0.2) is 36.1 Å². The number of hydrogen-bond acceptors (Lipinski definition) is 5. The number of hydrogen-bond donors (Lipinski definition) is 0. The molecule has 1 aliphatic rings. The zero-order valence-electron chi connectivity index (χ0n) is 13.7. The molecule has 7 heteroatoms. The van der Waals surface area contributed by atoms with Crippen molar-refractivity contribution < 1.29 is 4.92 Å². The number of nitro groups is 1. The largest absolute Gasteiger partial charge is 0.367 e. The van der Waals surface area contributed by atoms with Crippen molar-refractivity contribution >= 4 is 28.8 Å². The van der Waals surface area contributed by atoms with Crippen LogP contribution in [0.3, 0.4) is 0 Å². The molecule has 2 heterocycles. The second-order valence-electron chi connectivity index (χ2n) is 6.01. The Hall–Kier alpha value is -2.34. The number of anilines is 2. The van der Waals surface area contributed by atoms with Gasteiger partial charge in [0.25, 0.3) is 5.69 Å². The van der Waals surface area contributed by atoms with Crippen molar-refractivity contribution in [2.24, 2.45) is 0 Å². The van der Waals surface area contributed by atoms with E-state index in [-0.39, 0.29) is 5.69 Å². The Kier molecular flexibility index (Phi) is 4.57. The number of benzene rings is 1. The van der Waals surface area contributed by atoms with Gasteiger partial charge in [0.1, 0.15) is 5.82 Å². The quantitative estimate of drug-likeness (QED) is 0.627. The first kappa shape index (κ1) is 16.5. The topological polar surface area (TPSA) is 62.5 Å². The molecule has 0 N–H and O–H groups in total. The number of aromatic nitrogens is 1. The van der Waals surface area contributed by atoms with Crippen LogP contribution >= 0.6 is 11.6 Å². The van der Waals surface area contributed by atoms with Gasteiger partial charge in [-0.3, -0.25) is 10.1 Å². The van der Waals surface area contributed by atoms with Crippen molar-refractivity contribution in [2.45, 2.75) is 13.8 Å². The van der Waals surface area contributed by atoms with Gasteiger partial charge in [0.2, 0.25) is 0 Å². The molecule has 0 spiro atoms. The summed E-state index contributed by atoms with van der Waals surface area (Å²) >= 11 is 6.23. The molecule has 1 aliphatic heterocycles. The second kappa shape index (κ2) is 6.65. The molecular formula is C17H19ClN4O2. The first-order chi connectivity index (χ1) is 11.4. The summed E-state index contributed by atoms with van der Waals surface area (Å²) in [5, 5.41) is 11.2. The summed E-state index contributed by atoms with van der Waals surface area (Å²) in [6, 6.07) is 8.80. The summed E-state index contributed by atoms with van der Waals surface area (Å²) in [6.45, 7) is 7.35. The van der Waals surface area contributed by atoms with Crippen LogP contribution in [0, 0.1) is 24.0 Å². The predicted octanol–water partition coefficient (Wildman–Crippen LogP) is 3.59. The average Bonchev–Trinajstić information content (AvgIpc) is 2.54. The van der Waals surface area contributed by atoms with Crippen LogP contribution in [0.25, 0.3) is 0 Å². The van der Waals surface area contributed by atoms with Gasteiger partial charge in [-0.05, 0) is 37.6 Å². The third kappa shape index (κ3) is 3.43. The van der Waals surface area contributed by atoms with Crippen LogP contribution < -0.4 is 9.80 Å². The molecule has 3 rings (SSSR count). The molecular weight excluding hydrogens is 328 g/mol. The minimum absolute atomic E-state index is 0.0156. The summed E-state index contributed by atoms with van der Waals surface area (Å²) in [5.41, 5.74) is 3.08. The average molecular weight is 347 g/mol. The van der Waals surface area contributed by atoms with Gasteiger partial charge in [-0.15, -0.1) is 0 Å². The van der Waals surface area contributed by atoms with Crippen molar-refractivity contribution in [2.75, 3.05) is 36.0 Å². The van der Waals surface area contributed by atoms with Crippen LogP contribution in [0.4, 0.5) is 17.2 Å². The molecule has 0 radical (unpaired) electrons. The standard InChI is InChI=1S/C17H19ClN4O2/c1-12-9-13(2)19-17(10-12)21-7-5-20(6-8-21)16-4-3-14(22(23)24)11-15(16)18/h3-4,9-11H,5-8H2,1-2H3. The molecule has 1 aromatic heterocycles. The molecule has 0 saturated carbocycles. The van der Waals surface area contributed by atoms with Gasteiger partial charge in [0, 0.05) is 44.0 Å². The smallest absolute Gasteiger partial charge is 0.271 e. The molecule has 1 saturated heterocycles. The van der Waals surface area contributed by atoms with Crippen molar-refractivity contribution in [3.05, 3.63) is 56.7 Å². The minimum atomic E-state index is -0.431. The number of halogens is 1. The molecule has 0 atom stereocenters. The van der Waals surface area contributed by atoms with Gasteiger partial charge >= 0.3 is 0 Å². The molecule has 24 heavy (non-hydrogen) atoms. The van der Waals surface area contributed by atoms with Gasteiger partial charge in [-0.2, -0.15) is 0 Å². The van der Waals surface area contributed by atoms with Crippen molar-refractivity contribution in [3.8, 4) is 0 Å². The zero-order valence-corrected chi connectivity index (χ0v) is 14.5. The highest BCUT2D eigenvalue weighted by Crippen LogP contribution is 2.31. The Labute approximate surface area is 145 Å². The van der Waals surface area contributed by atoms with Crippen LogP contribution in [0.5, 0.6) is 0 Å². The minimum Gasteiger partial charge on any atom is -0.367 e. The van der Waals surface area contributed by atoms with E-state index in [1.165, 1.54) is 17.7 Å². The molecule has 0 bridgehead atoms. The lowest BCUT2D eigenvalue weighted by molar-refractivity contribution is -0.384. The van der Waals surface area contributed by atoms with Gasteiger partial charge in [0.15, 0.2) is 0 Å². The lowest BCUT2D eigenvalue weighted by atomic mass is 10.2. The molecule has 6 nitrogen and oxygen atoms in total. The van der Waals surface area contributed by atoms with Crippen LogP contribution in [-0.2, 0) is 0 Å². The second-order valence-corrected chi connectivity index (χ2v) is 6.42. The van der Waals surface area contributed by atoms with Crippen LogP contribution in [0.15, 0.2) is 30.3 Å². The van der Waals surface area contributed by atoms with E-state index < -0.39 is 4.92 Å². The summed E-state index contributed by atoms with van der Waals surface area (Å²) in [7, 11) is 0. The summed E-state index contributed by atoms with van der Waals surface area (Å²) in [5.74, 6) is 1.00. The predicted molar refractivity (Wildman–Crippen MR) is 96.2 cm³/mol. The molecule has 2 aromatic rings. The van der Waals surface area contributed by atoms with E-state index in [9.17, 15) is 10.1 Å². The maximum absolute atomic E-state index is 10.8. The normalized spacial score (nSPS) is 14.8. The summed E-state index contributed by atoms with van der Waals surface area (Å²) in [6.07, 6.45) is 0. The Morgan fingerprint density at radius 1 is 1.08 bits per heavy atom. The van der Waals surface area contributed by atoms with E-state index in [1.807, 2.05) is 6.92 Å². The van der Waals surface area contributed by atoms with E-state index in [0.717, 1.165) is 43.4 Å². The van der Waals surface area contributed by atoms with E-state index in [0.29, 0.717) is 5.02 Å². The highest BCUT2D eigenvalue weighted by molar-refractivity contribution is 6.33. The highest BCUT2D eigenvalue weighted by atomic mass is 35.5. The van der Waals surface area contributed by atoms with Gasteiger partial charge in [-0.25, -0.2) is 4.98 Å². The van der Waals surface area contributed by atoms with Crippen molar-refractivity contribution in [1.29, 1.82) is 0 Å². The summed E-state index contributed by atoms with van der Waals surface area (Å²) in [4.78, 5) is 19.4. The monoisotopic (exact) mass is 346 g/mol. The van der Waals surface area contributed by atoms with Gasteiger partial charge in [0.05, 0.1) is 15.6 Å². The molecule has 126 valence electrons. The Morgan fingerprint density at radius 2 is 1.75 bits per heavy atom. The van der Waals surface area contributed by atoms with E-state index in [1.54, 1.807) is 6.07 Å². The summed E-state index contributed by atoms with van der Waals surface area (Å²) < 4.78 is 0. The van der Waals surface area contributed by atoms with Crippen LogP contribution in [0.2, 0.25) is 5.02 Å². The number of non-ortho nitro benzene ring substituents is 1. The van der Waals surface area contributed by atoms with Gasteiger partial charge < -0.3 is 9.80 Å². The van der Waals surface area contributed by atoms with Crippen molar-refractivity contribution in [3.63, 3.8) is 0 Å². The Bertz CT molecular complexity index is 753. The third-order valence-corrected chi connectivity index (χ3v) is 4.47. The number of aryl methyl sites for hydroxylation is 2. The number of nitrogens with zero attached hydrogens (tertiary/aromatic N) is 4.